The first-order valence-corrected chi connectivity index (χ1v) is 10.1. The van der Waals surface area contributed by atoms with Crippen LogP contribution in [0, 0.1) is 6.92 Å². The second kappa shape index (κ2) is 9.81. The highest BCUT2D eigenvalue weighted by Gasteiger charge is 2.12. The highest BCUT2D eigenvalue weighted by atomic mass is 32.2. The summed E-state index contributed by atoms with van der Waals surface area (Å²) in [5.74, 6) is 0.786. The predicted molar refractivity (Wildman–Crippen MR) is 103 cm³/mol. The molecule has 0 saturated heterocycles. The van der Waals surface area contributed by atoms with Gasteiger partial charge in [0.15, 0.2) is 0 Å². The molecule has 1 aromatic carbocycles. The number of carbonyl (C=O) groups is 1. The highest BCUT2D eigenvalue weighted by molar-refractivity contribution is 7.98. The van der Waals surface area contributed by atoms with Crippen LogP contribution < -0.4 is 5.32 Å². The van der Waals surface area contributed by atoms with Crippen molar-refractivity contribution in [2.75, 3.05) is 26.2 Å². The van der Waals surface area contributed by atoms with Gasteiger partial charge in [-0.25, -0.2) is 4.98 Å². The summed E-state index contributed by atoms with van der Waals surface area (Å²) in [6.45, 7) is 9.85. The molecule has 1 amide bonds. The average Bonchev–Trinajstić information content (AvgIpc) is 3.02. The van der Waals surface area contributed by atoms with Gasteiger partial charge in [0.25, 0.3) is 5.91 Å². The molecule has 0 fully saturated rings. The number of nitrogens with zero attached hydrogens (tertiary/aromatic N) is 2. The van der Waals surface area contributed by atoms with E-state index in [-0.39, 0.29) is 5.91 Å². The lowest BCUT2D eigenvalue weighted by atomic mass is 10.2. The molecule has 0 unspecified atom stereocenters. The first-order chi connectivity index (χ1) is 11.6. The number of benzene rings is 1. The number of amides is 1. The lowest BCUT2D eigenvalue weighted by molar-refractivity contribution is 0.0946. The third-order valence-electron chi connectivity index (χ3n) is 3.78. The zero-order valence-corrected chi connectivity index (χ0v) is 16.2. The molecule has 2 aromatic rings. The van der Waals surface area contributed by atoms with E-state index >= 15 is 0 Å². The van der Waals surface area contributed by atoms with Gasteiger partial charge in [0.2, 0.25) is 0 Å². The fourth-order valence-electron chi connectivity index (χ4n) is 2.37. The second-order valence-corrected chi connectivity index (χ2v) is 7.50. The highest BCUT2D eigenvalue weighted by Crippen LogP contribution is 2.26. The van der Waals surface area contributed by atoms with Gasteiger partial charge in [0, 0.05) is 29.1 Å². The Bertz CT molecular complexity index is 653. The summed E-state index contributed by atoms with van der Waals surface area (Å²) in [6.07, 6.45) is 0. The van der Waals surface area contributed by atoms with Crippen molar-refractivity contribution < 1.29 is 4.79 Å². The zero-order valence-electron chi connectivity index (χ0n) is 14.5. The summed E-state index contributed by atoms with van der Waals surface area (Å²) in [5.41, 5.74) is 1.81. The molecule has 0 radical (unpaired) electrons. The molecule has 0 atom stereocenters. The maximum Gasteiger partial charge on any atom is 0.252 e. The Hall–Kier alpha value is -1.37. The minimum Gasteiger partial charge on any atom is -0.351 e. The Balaban J connectivity index is 1.93. The zero-order chi connectivity index (χ0) is 17.4. The van der Waals surface area contributed by atoms with Gasteiger partial charge in [-0.3, -0.25) is 4.79 Å². The van der Waals surface area contributed by atoms with Gasteiger partial charge in [-0.05, 0) is 32.1 Å². The molecule has 0 bridgehead atoms. The van der Waals surface area contributed by atoms with Crippen LogP contribution in [-0.2, 0) is 5.75 Å². The van der Waals surface area contributed by atoms with Gasteiger partial charge in [-0.2, -0.15) is 0 Å². The Morgan fingerprint density at radius 3 is 2.71 bits per heavy atom. The number of likely N-dealkylation sites (N-methyl/N-ethyl adjacent to an activating group) is 1. The van der Waals surface area contributed by atoms with Crippen LogP contribution >= 0.6 is 23.1 Å². The molecule has 6 heteroatoms. The van der Waals surface area contributed by atoms with Crippen LogP contribution in [0.15, 0.2) is 34.5 Å². The van der Waals surface area contributed by atoms with E-state index < -0.39 is 0 Å². The van der Waals surface area contributed by atoms with Crippen LogP contribution in [0.5, 0.6) is 0 Å². The van der Waals surface area contributed by atoms with Gasteiger partial charge >= 0.3 is 0 Å². The van der Waals surface area contributed by atoms with Crippen LogP contribution in [0.1, 0.15) is 34.9 Å². The van der Waals surface area contributed by atoms with Crippen molar-refractivity contribution in [3.8, 4) is 0 Å². The molecule has 0 spiro atoms. The van der Waals surface area contributed by atoms with Crippen LogP contribution in [0.25, 0.3) is 0 Å². The average molecular weight is 364 g/mol. The number of aryl methyl sites for hydroxylation is 1. The second-order valence-electron chi connectivity index (χ2n) is 5.43. The van der Waals surface area contributed by atoms with E-state index in [1.807, 2.05) is 31.2 Å². The number of hydrogen-bond donors (Lipinski definition) is 1. The maximum atomic E-state index is 12.5. The molecule has 24 heavy (non-hydrogen) atoms. The van der Waals surface area contributed by atoms with E-state index in [0.29, 0.717) is 6.54 Å². The minimum absolute atomic E-state index is 0.000264. The van der Waals surface area contributed by atoms with E-state index in [2.05, 4.69) is 34.4 Å². The van der Waals surface area contributed by atoms with Crippen LogP contribution in [0.3, 0.4) is 0 Å². The molecular weight excluding hydrogens is 338 g/mol. The summed E-state index contributed by atoms with van der Waals surface area (Å²) in [4.78, 5) is 20.3. The van der Waals surface area contributed by atoms with Gasteiger partial charge in [-0.1, -0.05) is 26.0 Å². The molecule has 0 aliphatic rings. The molecule has 0 aliphatic carbocycles. The van der Waals surface area contributed by atoms with E-state index in [0.717, 1.165) is 46.5 Å². The van der Waals surface area contributed by atoms with Gasteiger partial charge in [-0.15, -0.1) is 23.1 Å². The van der Waals surface area contributed by atoms with Crippen molar-refractivity contribution in [3.05, 3.63) is 45.9 Å². The molecule has 4 nitrogen and oxygen atoms in total. The summed E-state index contributed by atoms with van der Waals surface area (Å²) < 4.78 is 0. The van der Waals surface area contributed by atoms with Crippen molar-refractivity contribution in [1.29, 1.82) is 0 Å². The van der Waals surface area contributed by atoms with Crippen molar-refractivity contribution >= 4 is 29.0 Å². The summed E-state index contributed by atoms with van der Waals surface area (Å²) in [5, 5.41) is 6.19. The topological polar surface area (TPSA) is 45.2 Å². The standard InChI is InChI=1S/C18H25N3OS2/c1-4-21(5-2)11-10-19-18(22)16-8-6-7-9-17(16)24-13-15-12-23-14(3)20-15/h6-9,12H,4-5,10-11,13H2,1-3H3,(H,19,22). The molecule has 0 aliphatic heterocycles. The van der Waals surface area contributed by atoms with Gasteiger partial charge < -0.3 is 10.2 Å². The lowest BCUT2D eigenvalue weighted by Gasteiger charge is -2.18. The number of rotatable bonds is 9. The Labute approximate surface area is 152 Å². The molecule has 1 N–H and O–H groups in total. The first-order valence-electron chi connectivity index (χ1n) is 8.27. The van der Waals surface area contributed by atoms with Crippen LogP contribution in [0.2, 0.25) is 0 Å². The third-order valence-corrected chi connectivity index (χ3v) is 5.71. The maximum absolute atomic E-state index is 12.5. The Morgan fingerprint density at radius 2 is 2.04 bits per heavy atom. The van der Waals surface area contributed by atoms with E-state index in [1.165, 1.54) is 0 Å². The molecule has 0 saturated carbocycles. The Morgan fingerprint density at radius 1 is 1.29 bits per heavy atom. The SMILES string of the molecule is CCN(CC)CCNC(=O)c1ccccc1SCc1csc(C)n1. The lowest BCUT2D eigenvalue weighted by Crippen LogP contribution is -2.34. The monoisotopic (exact) mass is 363 g/mol. The molecule has 2 rings (SSSR count). The number of aromatic nitrogens is 1. The number of nitrogens with one attached hydrogen (secondary N) is 1. The number of thioether (sulfide) groups is 1. The number of hydrogen-bond acceptors (Lipinski definition) is 5. The first kappa shape index (κ1) is 19.0. The van der Waals surface area contributed by atoms with Crippen molar-refractivity contribution in [1.82, 2.24) is 15.2 Å². The predicted octanol–water partition coefficient (Wildman–Crippen LogP) is 3.82. The summed E-state index contributed by atoms with van der Waals surface area (Å²) in [7, 11) is 0. The largest absolute Gasteiger partial charge is 0.351 e. The van der Waals surface area contributed by atoms with E-state index in [9.17, 15) is 4.79 Å². The minimum atomic E-state index is -0.000264. The van der Waals surface area contributed by atoms with Crippen LogP contribution in [-0.4, -0.2) is 42.0 Å². The molecule has 130 valence electrons. The Kier molecular flexibility index (Phi) is 7.75. The molecular formula is C18H25N3OS2. The molecule has 1 heterocycles. The van der Waals surface area contributed by atoms with Crippen molar-refractivity contribution in [2.45, 2.75) is 31.4 Å². The van der Waals surface area contributed by atoms with Crippen molar-refractivity contribution in [3.63, 3.8) is 0 Å². The fraction of sp³-hybridized carbons (Fsp3) is 0.444. The third kappa shape index (κ3) is 5.61. The van der Waals surface area contributed by atoms with E-state index in [1.54, 1.807) is 23.1 Å². The smallest absolute Gasteiger partial charge is 0.252 e. The normalized spacial score (nSPS) is 11.0. The quantitative estimate of drug-likeness (QED) is 0.688. The van der Waals surface area contributed by atoms with Crippen molar-refractivity contribution in [2.24, 2.45) is 0 Å². The van der Waals surface area contributed by atoms with Gasteiger partial charge in [0.1, 0.15) is 0 Å². The van der Waals surface area contributed by atoms with Crippen LogP contribution in [0.4, 0.5) is 0 Å². The van der Waals surface area contributed by atoms with Gasteiger partial charge in [0.05, 0.1) is 16.3 Å². The van der Waals surface area contributed by atoms with E-state index in [4.69, 9.17) is 0 Å². The molecule has 1 aromatic heterocycles. The number of carbonyl (C=O) groups excluding carboxylic acids is 1. The fourth-order valence-corrected chi connectivity index (χ4v) is 4.03. The summed E-state index contributed by atoms with van der Waals surface area (Å²) in [6, 6.07) is 7.78. The summed E-state index contributed by atoms with van der Waals surface area (Å²) >= 11 is 3.32. The number of thiazole rings is 1.